The van der Waals surface area contributed by atoms with E-state index in [0.717, 1.165) is 17.1 Å². The van der Waals surface area contributed by atoms with Crippen LogP contribution in [0.25, 0.3) is 0 Å². The van der Waals surface area contributed by atoms with Gasteiger partial charge in [0, 0.05) is 56.2 Å². The highest BCUT2D eigenvalue weighted by Crippen LogP contribution is 2.48. The summed E-state index contributed by atoms with van der Waals surface area (Å²) in [5.41, 5.74) is 0. The summed E-state index contributed by atoms with van der Waals surface area (Å²) in [7, 11) is -7.87. The van der Waals surface area contributed by atoms with E-state index in [-0.39, 0.29) is 19.4 Å². The Morgan fingerprint density at radius 3 is 1.90 bits per heavy atom. The van der Waals surface area contributed by atoms with Crippen molar-refractivity contribution in [2.75, 3.05) is 31.2 Å². The van der Waals surface area contributed by atoms with Crippen LogP contribution in [0.1, 0.15) is 19.3 Å². The van der Waals surface area contributed by atoms with Crippen molar-refractivity contribution in [1.82, 2.24) is 9.96 Å². The predicted octanol–water partition coefficient (Wildman–Crippen LogP) is -0.551. The van der Waals surface area contributed by atoms with Crippen molar-refractivity contribution in [3.63, 3.8) is 0 Å². The molecule has 0 aliphatic carbocycles. The van der Waals surface area contributed by atoms with E-state index in [0.29, 0.717) is 5.06 Å². The van der Waals surface area contributed by atoms with E-state index < -0.39 is 75.4 Å². The van der Waals surface area contributed by atoms with Gasteiger partial charge in [0.25, 0.3) is 23.6 Å². The average Bonchev–Trinajstić information content (AvgIpc) is 3.13. The summed E-state index contributed by atoms with van der Waals surface area (Å²) in [6.07, 6.45) is -0.740. The molecule has 2 aliphatic rings. The number of imide groups is 2. The van der Waals surface area contributed by atoms with Gasteiger partial charge in [0.15, 0.2) is 0 Å². The first-order valence-electron chi connectivity index (χ1n) is 8.62. The van der Waals surface area contributed by atoms with Crippen LogP contribution in [-0.2, 0) is 37.9 Å². The molecular formula is C15H20N2O10P2. The Bertz CT molecular complexity index is 833. The maximum atomic E-state index is 12.2. The van der Waals surface area contributed by atoms with Crippen LogP contribution in [0.2, 0.25) is 0 Å². The van der Waals surface area contributed by atoms with E-state index in [1.165, 1.54) is 0 Å². The van der Waals surface area contributed by atoms with Gasteiger partial charge in [-0.25, -0.2) is 4.79 Å². The molecule has 0 saturated carbocycles. The van der Waals surface area contributed by atoms with Crippen LogP contribution in [0.5, 0.6) is 0 Å². The maximum absolute atomic E-state index is 12.2. The molecule has 0 radical (unpaired) electrons. The van der Waals surface area contributed by atoms with Crippen LogP contribution in [0.15, 0.2) is 12.2 Å². The molecular weight excluding hydrogens is 430 g/mol. The minimum Gasteiger partial charge on any atom is -0.344 e. The maximum Gasteiger partial charge on any atom is 0.333 e. The minimum atomic E-state index is -3.97. The molecule has 1 saturated heterocycles. The van der Waals surface area contributed by atoms with Gasteiger partial charge in [0.1, 0.15) is 0 Å². The number of hydrogen-bond donors (Lipinski definition) is 2. The number of hydrogen-bond acceptors (Lipinski definition) is 8. The molecule has 160 valence electrons. The standard InChI is InChI=1S/C15H20N2O10P2/c18-11-1-2-12(19)16(11)6-8-29(25,26)10-9-28(23,24)7-5-15(22)27-17-13(20)3-4-14(17)21/h1-2H,3-10H2,(H,23,24)(H,25,26). The van der Waals surface area contributed by atoms with Crippen molar-refractivity contribution in [2.24, 2.45) is 0 Å². The average molecular weight is 450 g/mol. The molecule has 2 heterocycles. The van der Waals surface area contributed by atoms with Gasteiger partial charge in [-0.05, 0) is 0 Å². The van der Waals surface area contributed by atoms with E-state index >= 15 is 0 Å². The van der Waals surface area contributed by atoms with Crippen LogP contribution in [-0.4, -0.2) is 80.5 Å². The quantitative estimate of drug-likeness (QED) is 0.324. The monoisotopic (exact) mass is 450 g/mol. The van der Waals surface area contributed by atoms with Crippen LogP contribution < -0.4 is 0 Å². The lowest BCUT2D eigenvalue weighted by Gasteiger charge is -2.18. The molecule has 4 amide bonds. The second-order valence-corrected chi connectivity index (χ2v) is 11.7. The molecule has 0 bridgehead atoms. The lowest BCUT2D eigenvalue weighted by Crippen LogP contribution is -2.32. The zero-order chi connectivity index (χ0) is 21.8. The van der Waals surface area contributed by atoms with E-state index in [2.05, 4.69) is 4.84 Å². The number of nitrogens with zero attached hydrogens (tertiary/aromatic N) is 2. The fraction of sp³-hybridized carbons (Fsp3) is 0.533. The number of carbonyl (C=O) groups is 5. The molecule has 0 spiro atoms. The van der Waals surface area contributed by atoms with E-state index in [4.69, 9.17) is 0 Å². The molecule has 0 aromatic carbocycles. The van der Waals surface area contributed by atoms with Crippen molar-refractivity contribution in [1.29, 1.82) is 0 Å². The third kappa shape index (κ3) is 6.71. The molecule has 12 nitrogen and oxygen atoms in total. The number of hydroxylamine groups is 2. The fourth-order valence-corrected chi connectivity index (χ4v) is 6.51. The third-order valence-corrected chi connectivity index (χ3v) is 8.26. The molecule has 0 aromatic rings. The van der Waals surface area contributed by atoms with Crippen LogP contribution in [0, 0.1) is 0 Å². The van der Waals surface area contributed by atoms with Crippen molar-refractivity contribution in [3.05, 3.63) is 12.2 Å². The number of carbonyl (C=O) groups excluding carboxylic acids is 5. The highest BCUT2D eigenvalue weighted by Gasteiger charge is 2.34. The Morgan fingerprint density at radius 2 is 1.38 bits per heavy atom. The molecule has 0 aromatic heterocycles. The topological polar surface area (TPSA) is 176 Å². The molecule has 2 aliphatic heterocycles. The predicted molar refractivity (Wildman–Crippen MR) is 96.8 cm³/mol. The minimum absolute atomic E-state index is 0.0823. The molecule has 2 atom stereocenters. The van der Waals surface area contributed by atoms with Crippen LogP contribution >= 0.6 is 14.7 Å². The van der Waals surface area contributed by atoms with Crippen molar-refractivity contribution in [3.8, 4) is 0 Å². The Balaban J connectivity index is 1.75. The zero-order valence-corrected chi connectivity index (χ0v) is 17.0. The van der Waals surface area contributed by atoms with Crippen LogP contribution in [0.4, 0.5) is 0 Å². The van der Waals surface area contributed by atoms with Crippen molar-refractivity contribution >= 4 is 44.3 Å². The van der Waals surface area contributed by atoms with Gasteiger partial charge in [0.05, 0.1) is 6.42 Å². The second-order valence-electron chi connectivity index (χ2n) is 6.54. The number of amides is 4. The zero-order valence-electron chi connectivity index (χ0n) is 15.3. The lowest BCUT2D eigenvalue weighted by atomic mass is 10.4. The van der Waals surface area contributed by atoms with Gasteiger partial charge in [-0.2, -0.15) is 0 Å². The van der Waals surface area contributed by atoms with Gasteiger partial charge in [-0.15, -0.1) is 5.06 Å². The first-order valence-corrected chi connectivity index (χ1v) is 12.7. The van der Waals surface area contributed by atoms with Crippen molar-refractivity contribution in [2.45, 2.75) is 19.3 Å². The molecule has 1 fully saturated rings. The van der Waals surface area contributed by atoms with Crippen LogP contribution in [0.3, 0.4) is 0 Å². The summed E-state index contributed by atoms with van der Waals surface area (Å²) in [4.78, 5) is 82.4. The summed E-state index contributed by atoms with van der Waals surface area (Å²) >= 11 is 0. The number of rotatable bonds is 10. The Labute approximate surface area is 165 Å². The molecule has 2 unspecified atom stereocenters. The SMILES string of the molecule is O=C(CCP(=O)(O)CCP(=O)(O)CCN1C(=O)C=CC1=O)ON1C(=O)CCC1=O. The van der Waals surface area contributed by atoms with E-state index in [1.807, 2.05) is 0 Å². The normalized spacial score (nSPS) is 20.9. The molecule has 29 heavy (non-hydrogen) atoms. The van der Waals surface area contributed by atoms with Gasteiger partial charge in [0.2, 0.25) is 14.7 Å². The highest BCUT2D eigenvalue weighted by atomic mass is 31.2. The summed E-state index contributed by atoms with van der Waals surface area (Å²) in [6.45, 7) is -0.293. The largest absolute Gasteiger partial charge is 0.344 e. The molecule has 14 heteroatoms. The van der Waals surface area contributed by atoms with Gasteiger partial charge in [-0.3, -0.25) is 33.2 Å². The first kappa shape index (κ1) is 23.2. The fourth-order valence-electron chi connectivity index (χ4n) is 2.52. The smallest absolute Gasteiger partial charge is 0.333 e. The summed E-state index contributed by atoms with van der Waals surface area (Å²) in [5, 5.41) is 0.322. The van der Waals surface area contributed by atoms with E-state index in [9.17, 15) is 42.9 Å². The molecule has 2 N–H and O–H groups in total. The summed E-state index contributed by atoms with van der Waals surface area (Å²) in [6, 6.07) is 0. The van der Waals surface area contributed by atoms with Gasteiger partial charge < -0.3 is 14.6 Å². The Hall–Kier alpha value is -2.13. The van der Waals surface area contributed by atoms with Gasteiger partial charge in [-0.1, -0.05) is 0 Å². The summed E-state index contributed by atoms with van der Waals surface area (Å²) < 4.78 is 24.3. The second kappa shape index (κ2) is 9.13. The molecule has 2 rings (SSSR count). The highest BCUT2D eigenvalue weighted by molar-refractivity contribution is 7.62. The lowest BCUT2D eigenvalue weighted by molar-refractivity contribution is -0.197. The third-order valence-electron chi connectivity index (χ3n) is 4.24. The first-order chi connectivity index (χ1) is 13.4. The summed E-state index contributed by atoms with van der Waals surface area (Å²) in [5.74, 6) is -3.61. The van der Waals surface area contributed by atoms with Gasteiger partial charge >= 0.3 is 5.97 Å². The van der Waals surface area contributed by atoms with Crippen molar-refractivity contribution < 1.29 is 47.7 Å². The Kier molecular flexibility index (Phi) is 7.29. The Morgan fingerprint density at radius 1 is 0.897 bits per heavy atom. The van der Waals surface area contributed by atoms with E-state index in [1.54, 1.807) is 0 Å².